The zero-order chi connectivity index (χ0) is 19.5. The van der Waals surface area contributed by atoms with Gasteiger partial charge in [0.05, 0.1) is 11.1 Å². The lowest BCUT2D eigenvalue weighted by atomic mass is 9.77. The molecule has 1 saturated heterocycles. The predicted octanol–water partition coefficient (Wildman–Crippen LogP) is 2.82. The molecule has 4 heterocycles. The first kappa shape index (κ1) is 17.4. The van der Waals surface area contributed by atoms with Gasteiger partial charge in [0.15, 0.2) is 0 Å². The highest BCUT2D eigenvalue weighted by Gasteiger charge is 2.45. The van der Waals surface area contributed by atoms with Crippen LogP contribution in [0.5, 0.6) is 0 Å². The number of anilines is 1. The van der Waals surface area contributed by atoms with Crippen molar-refractivity contribution in [2.45, 2.75) is 57.3 Å². The average molecular weight is 378 g/mol. The van der Waals surface area contributed by atoms with Crippen LogP contribution in [0.3, 0.4) is 0 Å². The van der Waals surface area contributed by atoms with Crippen LogP contribution in [-0.2, 0) is 17.3 Å². The monoisotopic (exact) mass is 378 g/mol. The second kappa shape index (κ2) is 5.90. The third kappa shape index (κ3) is 2.56. The SMILES string of the molecule is CC(C)(C)c1nc2c(c(=O)[nH]1)CCC21CCCN(c2ncnc3[nH]ccc23)C1. The Hall–Kier alpha value is -2.70. The fourth-order valence-corrected chi connectivity index (χ4v) is 4.83. The third-order valence-electron chi connectivity index (χ3n) is 6.29. The molecule has 146 valence electrons. The van der Waals surface area contributed by atoms with Crippen molar-refractivity contribution in [1.29, 1.82) is 0 Å². The number of aromatic nitrogens is 5. The predicted molar refractivity (Wildman–Crippen MR) is 109 cm³/mol. The molecular weight excluding hydrogens is 352 g/mol. The van der Waals surface area contributed by atoms with E-state index in [-0.39, 0.29) is 16.4 Å². The van der Waals surface area contributed by atoms with Crippen LogP contribution in [0.15, 0.2) is 23.4 Å². The number of H-pyrrole nitrogens is 2. The first-order chi connectivity index (χ1) is 13.4. The molecule has 0 saturated carbocycles. The summed E-state index contributed by atoms with van der Waals surface area (Å²) in [5.74, 6) is 1.75. The number of fused-ring (bicyclic) bond motifs is 3. The Morgan fingerprint density at radius 2 is 2.07 bits per heavy atom. The molecule has 28 heavy (non-hydrogen) atoms. The Morgan fingerprint density at radius 3 is 2.89 bits per heavy atom. The maximum Gasteiger partial charge on any atom is 0.254 e. The molecule has 7 nitrogen and oxygen atoms in total. The molecule has 3 aromatic heterocycles. The molecule has 1 spiro atoms. The van der Waals surface area contributed by atoms with E-state index in [9.17, 15) is 4.79 Å². The van der Waals surface area contributed by atoms with E-state index in [1.165, 1.54) is 0 Å². The summed E-state index contributed by atoms with van der Waals surface area (Å²) in [6.07, 6.45) is 7.44. The van der Waals surface area contributed by atoms with E-state index in [1.807, 2.05) is 12.3 Å². The standard InChI is InChI=1S/C21H26N6O/c1-20(2,3)19-25-15-13(18(28)26-19)5-8-21(15)7-4-10-27(11-21)17-14-6-9-22-16(14)23-12-24-17/h6,9,12H,4-5,7-8,10-11H2,1-3H3,(H,22,23,24)(H,25,26,28). The lowest BCUT2D eigenvalue weighted by Crippen LogP contribution is -2.46. The van der Waals surface area contributed by atoms with Crippen molar-refractivity contribution < 1.29 is 0 Å². The van der Waals surface area contributed by atoms with Crippen LogP contribution in [0.25, 0.3) is 11.0 Å². The molecule has 0 aromatic carbocycles. The summed E-state index contributed by atoms with van der Waals surface area (Å²) in [6.45, 7) is 8.09. The fraction of sp³-hybridized carbons (Fsp3) is 0.524. The van der Waals surface area contributed by atoms with E-state index in [1.54, 1.807) is 6.33 Å². The van der Waals surface area contributed by atoms with E-state index in [0.717, 1.165) is 72.7 Å². The van der Waals surface area contributed by atoms with E-state index in [0.29, 0.717) is 0 Å². The molecule has 7 heteroatoms. The van der Waals surface area contributed by atoms with E-state index in [4.69, 9.17) is 4.98 Å². The smallest absolute Gasteiger partial charge is 0.254 e. The minimum absolute atomic E-state index is 0.0407. The van der Waals surface area contributed by atoms with Crippen molar-refractivity contribution in [3.63, 3.8) is 0 Å². The summed E-state index contributed by atoms with van der Waals surface area (Å²) < 4.78 is 0. The zero-order valence-corrected chi connectivity index (χ0v) is 16.7. The van der Waals surface area contributed by atoms with Crippen molar-refractivity contribution in [2.75, 3.05) is 18.0 Å². The molecule has 0 bridgehead atoms. The Kier molecular flexibility index (Phi) is 3.66. The molecule has 3 aromatic rings. The summed E-state index contributed by atoms with van der Waals surface area (Å²) >= 11 is 0. The molecule has 2 aliphatic rings. The highest BCUT2D eigenvalue weighted by atomic mass is 16.1. The average Bonchev–Trinajstić information content (AvgIpc) is 3.27. The minimum atomic E-state index is -0.184. The Bertz CT molecular complexity index is 1110. The van der Waals surface area contributed by atoms with Crippen molar-refractivity contribution in [2.24, 2.45) is 0 Å². The van der Waals surface area contributed by atoms with Crippen molar-refractivity contribution in [3.8, 4) is 0 Å². The van der Waals surface area contributed by atoms with Crippen LogP contribution in [0, 0.1) is 0 Å². The van der Waals surface area contributed by atoms with Crippen molar-refractivity contribution >= 4 is 16.9 Å². The summed E-state index contributed by atoms with van der Waals surface area (Å²) in [5.41, 5.74) is 2.54. The Morgan fingerprint density at radius 1 is 1.21 bits per heavy atom. The summed E-state index contributed by atoms with van der Waals surface area (Å²) in [6, 6.07) is 2.04. The van der Waals surface area contributed by atoms with Gasteiger partial charge in [-0.05, 0) is 31.7 Å². The van der Waals surface area contributed by atoms with Gasteiger partial charge >= 0.3 is 0 Å². The third-order valence-corrected chi connectivity index (χ3v) is 6.29. The number of nitrogens with one attached hydrogen (secondary N) is 2. The molecule has 2 N–H and O–H groups in total. The van der Waals surface area contributed by atoms with E-state index < -0.39 is 0 Å². The van der Waals surface area contributed by atoms with Crippen LogP contribution in [0.2, 0.25) is 0 Å². The normalized spacial score (nSPS) is 22.2. The largest absolute Gasteiger partial charge is 0.355 e. The van der Waals surface area contributed by atoms with Crippen LogP contribution in [0.1, 0.15) is 57.1 Å². The van der Waals surface area contributed by atoms with Crippen LogP contribution >= 0.6 is 0 Å². The summed E-state index contributed by atoms with van der Waals surface area (Å²) in [7, 11) is 0. The second-order valence-corrected chi connectivity index (χ2v) is 9.23. The number of hydrogen-bond donors (Lipinski definition) is 2. The molecule has 0 radical (unpaired) electrons. The van der Waals surface area contributed by atoms with Gasteiger partial charge in [-0.25, -0.2) is 15.0 Å². The van der Waals surface area contributed by atoms with Gasteiger partial charge in [-0.2, -0.15) is 0 Å². The van der Waals surface area contributed by atoms with Crippen LogP contribution < -0.4 is 10.5 Å². The minimum Gasteiger partial charge on any atom is -0.355 e. The molecule has 1 aliphatic heterocycles. The van der Waals surface area contributed by atoms with Crippen LogP contribution in [-0.4, -0.2) is 38.0 Å². The summed E-state index contributed by atoms with van der Waals surface area (Å²) in [5, 5.41) is 1.05. The molecule has 0 amide bonds. The Balaban J connectivity index is 1.59. The fourth-order valence-electron chi connectivity index (χ4n) is 4.83. The molecule has 1 aliphatic carbocycles. The molecule has 5 rings (SSSR count). The van der Waals surface area contributed by atoms with Gasteiger partial charge in [-0.3, -0.25) is 4.79 Å². The number of piperidine rings is 1. The maximum absolute atomic E-state index is 12.8. The zero-order valence-electron chi connectivity index (χ0n) is 16.7. The first-order valence-corrected chi connectivity index (χ1v) is 10.0. The van der Waals surface area contributed by atoms with E-state index in [2.05, 4.69) is 45.6 Å². The van der Waals surface area contributed by atoms with Crippen molar-refractivity contribution in [1.82, 2.24) is 24.9 Å². The molecule has 1 unspecified atom stereocenters. The van der Waals surface area contributed by atoms with Crippen LogP contribution in [0.4, 0.5) is 5.82 Å². The van der Waals surface area contributed by atoms with Gasteiger partial charge in [0.25, 0.3) is 5.56 Å². The topological polar surface area (TPSA) is 90.6 Å². The molecule has 1 fully saturated rings. The van der Waals surface area contributed by atoms with Gasteiger partial charge < -0.3 is 14.9 Å². The van der Waals surface area contributed by atoms with E-state index >= 15 is 0 Å². The van der Waals surface area contributed by atoms with Gasteiger partial charge in [-0.1, -0.05) is 20.8 Å². The van der Waals surface area contributed by atoms with Crippen molar-refractivity contribution in [3.05, 3.63) is 46.0 Å². The first-order valence-electron chi connectivity index (χ1n) is 10.0. The second-order valence-electron chi connectivity index (χ2n) is 9.23. The number of nitrogens with zero attached hydrogens (tertiary/aromatic N) is 4. The molecule has 1 atom stereocenters. The highest BCUT2D eigenvalue weighted by molar-refractivity contribution is 5.87. The quantitative estimate of drug-likeness (QED) is 0.679. The summed E-state index contributed by atoms with van der Waals surface area (Å²) in [4.78, 5) is 35.3. The highest BCUT2D eigenvalue weighted by Crippen LogP contribution is 2.44. The Labute approximate surface area is 163 Å². The lowest BCUT2D eigenvalue weighted by Gasteiger charge is -2.41. The van der Waals surface area contributed by atoms with Gasteiger partial charge in [0.1, 0.15) is 23.6 Å². The number of rotatable bonds is 1. The lowest BCUT2D eigenvalue weighted by molar-refractivity contribution is 0.331. The maximum atomic E-state index is 12.8. The van der Waals surface area contributed by atoms with Gasteiger partial charge in [-0.15, -0.1) is 0 Å². The van der Waals surface area contributed by atoms with Gasteiger partial charge in [0, 0.05) is 35.7 Å². The number of aromatic amines is 2. The molecular formula is C21H26N6O. The number of hydrogen-bond acceptors (Lipinski definition) is 5. The van der Waals surface area contributed by atoms with Gasteiger partial charge in [0.2, 0.25) is 0 Å².